The van der Waals surface area contributed by atoms with Crippen LogP contribution in [-0.2, 0) is 30.6 Å². The third-order valence-corrected chi connectivity index (χ3v) is 8.29. The first-order chi connectivity index (χ1) is 18.6. The van der Waals surface area contributed by atoms with E-state index in [1.807, 2.05) is 11.0 Å². The average molecular weight is 505 g/mol. The van der Waals surface area contributed by atoms with Gasteiger partial charge in [0.1, 0.15) is 5.82 Å². The van der Waals surface area contributed by atoms with Crippen LogP contribution in [0.25, 0.3) is 0 Å². The summed E-state index contributed by atoms with van der Waals surface area (Å²) in [7, 11) is 0. The van der Waals surface area contributed by atoms with Crippen molar-refractivity contribution in [3.05, 3.63) is 142 Å². The fourth-order valence-electron chi connectivity index (χ4n) is 6.30. The van der Waals surface area contributed by atoms with Crippen LogP contribution < -0.4 is 0 Å². The Morgan fingerprint density at radius 1 is 0.816 bits per heavy atom. The number of fused-ring (bicyclic) bond motifs is 2. The van der Waals surface area contributed by atoms with Gasteiger partial charge in [0.15, 0.2) is 0 Å². The van der Waals surface area contributed by atoms with E-state index in [9.17, 15) is 9.18 Å². The summed E-state index contributed by atoms with van der Waals surface area (Å²) < 4.78 is 14.8. The molecule has 4 aromatic carbocycles. The highest BCUT2D eigenvalue weighted by molar-refractivity contribution is 5.79. The molecule has 0 saturated heterocycles. The summed E-state index contributed by atoms with van der Waals surface area (Å²) in [6.07, 6.45) is 2.52. The highest BCUT2D eigenvalue weighted by atomic mass is 19.1. The predicted octanol–water partition coefficient (Wildman–Crippen LogP) is 6.28. The number of hydrogen-bond donors (Lipinski definition) is 0. The third-order valence-electron chi connectivity index (χ3n) is 8.29. The largest absolute Gasteiger partial charge is 0.333 e. The van der Waals surface area contributed by atoms with Crippen LogP contribution in [-0.4, -0.2) is 34.8 Å². The van der Waals surface area contributed by atoms with Gasteiger partial charge < -0.3 is 4.90 Å². The van der Waals surface area contributed by atoms with Crippen molar-refractivity contribution in [2.24, 2.45) is 0 Å². The molecule has 1 aliphatic carbocycles. The van der Waals surface area contributed by atoms with Gasteiger partial charge in [0.2, 0.25) is 5.91 Å². The summed E-state index contributed by atoms with van der Waals surface area (Å²) in [5.74, 6) is -0.200. The van der Waals surface area contributed by atoms with Crippen molar-refractivity contribution in [3.8, 4) is 0 Å². The van der Waals surface area contributed by atoms with E-state index in [2.05, 4.69) is 84.6 Å². The number of halogens is 1. The lowest BCUT2D eigenvalue weighted by Gasteiger charge is -2.39. The molecule has 192 valence electrons. The topological polar surface area (TPSA) is 23.6 Å². The standard InChI is InChI=1S/C34H33FN2O/c1-24-10-2-7-15-30(24)34-31-16-8-5-11-25(31)18-19-36(34)23-33(38)37(22-28-14-6-9-17-32(28)35)29-20-26-12-3-4-13-27(26)21-29/h2-17,29,34H,18-23H2,1H3. The zero-order chi connectivity index (χ0) is 26.1. The molecule has 1 amide bonds. The highest BCUT2D eigenvalue weighted by Crippen LogP contribution is 2.37. The Balaban J connectivity index is 1.32. The molecule has 3 nitrogen and oxygen atoms in total. The van der Waals surface area contributed by atoms with E-state index < -0.39 is 0 Å². The lowest BCUT2D eigenvalue weighted by atomic mass is 9.86. The molecule has 0 N–H and O–H groups in total. The van der Waals surface area contributed by atoms with Gasteiger partial charge >= 0.3 is 0 Å². The van der Waals surface area contributed by atoms with Crippen molar-refractivity contribution in [1.29, 1.82) is 0 Å². The number of carbonyl (C=O) groups is 1. The van der Waals surface area contributed by atoms with Gasteiger partial charge in [-0.1, -0.05) is 91.0 Å². The molecule has 4 heteroatoms. The fourth-order valence-corrected chi connectivity index (χ4v) is 6.30. The zero-order valence-electron chi connectivity index (χ0n) is 21.8. The molecule has 0 bridgehead atoms. The maximum absolute atomic E-state index is 14.8. The van der Waals surface area contributed by atoms with Crippen LogP contribution in [0, 0.1) is 12.7 Å². The molecule has 0 fully saturated rings. The number of amides is 1. The molecule has 1 atom stereocenters. The van der Waals surface area contributed by atoms with E-state index in [0.717, 1.165) is 25.8 Å². The van der Waals surface area contributed by atoms with Crippen molar-refractivity contribution >= 4 is 5.91 Å². The quantitative estimate of drug-likeness (QED) is 0.309. The van der Waals surface area contributed by atoms with Gasteiger partial charge in [-0.15, -0.1) is 0 Å². The number of hydrogen-bond acceptors (Lipinski definition) is 2. The van der Waals surface area contributed by atoms with Crippen LogP contribution in [0.4, 0.5) is 4.39 Å². The SMILES string of the molecule is Cc1ccccc1C1c2ccccc2CCN1CC(=O)N(Cc1ccccc1F)C1Cc2ccccc2C1. The zero-order valence-corrected chi connectivity index (χ0v) is 21.8. The van der Waals surface area contributed by atoms with Crippen molar-refractivity contribution in [2.75, 3.05) is 13.1 Å². The lowest BCUT2D eigenvalue weighted by molar-refractivity contribution is -0.136. The molecule has 0 spiro atoms. The Bertz CT molecular complexity index is 1440. The Labute approximate surface area is 224 Å². The molecular formula is C34H33FN2O. The molecule has 1 heterocycles. The molecule has 6 rings (SSSR count). The molecule has 0 radical (unpaired) electrons. The van der Waals surface area contributed by atoms with Crippen molar-refractivity contribution in [3.63, 3.8) is 0 Å². The summed E-state index contributed by atoms with van der Waals surface area (Å²) in [6, 6.07) is 32.4. The van der Waals surface area contributed by atoms with Crippen LogP contribution in [0.15, 0.2) is 97.1 Å². The maximum Gasteiger partial charge on any atom is 0.237 e. The summed E-state index contributed by atoms with van der Waals surface area (Å²) >= 11 is 0. The predicted molar refractivity (Wildman–Crippen MR) is 149 cm³/mol. The van der Waals surface area contributed by atoms with Gasteiger partial charge in [0, 0.05) is 24.7 Å². The molecule has 0 aromatic heterocycles. The van der Waals surface area contributed by atoms with E-state index in [0.29, 0.717) is 12.1 Å². The van der Waals surface area contributed by atoms with Crippen molar-refractivity contribution < 1.29 is 9.18 Å². The summed E-state index contributed by atoms with van der Waals surface area (Å²) in [4.78, 5) is 18.5. The monoisotopic (exact) mass is 504 g/mol. The Kier molecular flexibility index (Phi) is 6.82. The molecule has 1 aliphatic heterocycles. The maximum atomic E-state index is 14.8. The normalized spacial score (nSPS) is 17.2. The Hall–Kier alpha value is -3.76. The minimum atomic E-state index is -0.259. The van der Waals surface area contributed by atoms with Gasteiger partial charge in [0.05, 0.1) is 12.6 Å². The van der Waals surface area contributed by atoms with Gasteiger partial charge in [-0.25, -0.2) is 4.39 Å². The smallest absolute Gasteiger partial charge is 0.237 e. The van der Waals surface area contributed by atoms with Crippen molar-refractivity contribution in [2.45, 2.75) is 44.8 Å². The molecule has 38 heavy (non-hydrogen) atoms. The summed E-state index contributed by atoms with van der Waals surface area (Å²) in [5, 5.41) is 0. The number of aryl methyl sites for hydroxylation is 1. The van der Waals surface area contributed by atoms with E-state index in [4.69, 9.17) is 0 Å². The summed E-state index contributed by atoms with van der Waals surface area (Å²) in [6.45, 7) is 3.53. The molecular weight excluding hydrogens is 471 g/mol. The second-order valence-corrected chi connectivity index (χ2v) is 10.6. The van der Waals surface area contributed by atoms with Gasteiger partial charge in [0.25, 0.3) is 0 Å². The lowest BCUT2D eigenvalue weighted by Crippen LogP contribution is -2.48. The number of nitrogens with zero attached hydrogens (tertiary/aromatic N) is 2. The fraction of sp³-hybridized carbons (Fsp3) is 0.265. The second kappa shape index (κ2) is 10.5. The van der Waals surface area contributed by atoms with Crippen molar-refractivity contribution in [1.82, 2.24) is 9.80 Å². The van der Waals surface area contributed by atoms with Crippen LogP contribution in [0.2, 0.25) is 0 Å². The number of carbonyl (C=O) groups excluding carboxylic acids is 1. The first-order valence-electron chi connectivity index (χ1n) is 13.6. The molecule has 0 saturated carbocycles. The Morgan fingerprint density at radius 3 is 2.13 bits per heavy atom. The van der Waals surface area contributed by atoms with E-state index >= 15 is 0 Å². The highest BCUT2D eigenvalue weighted by Gasteiger charge is 2.35. The first-order valence-corrected chi connectivity index (χ1v) is 13.6. The molecule has 2 aliphatic rings. The van der Waals surface area contributed by atoms with E-state index in [1.165, 1.54) is 39.4 Å². The Morgan fingerprint density at radius 2 is 1.42 bits per heavy atom. The second-order valence-electron chi connectivity index (χ2n) is 10.6. The number of rotatable bonds is 6. The molecule has 4 aromatic rings. The first kappa shape index (κ1) is 24.6. The minimum Gasteiger partial charge on any atom is -0.333 e. The van der Waals surface area contributed by atoms with E-state index in [-0.39, 0.29) is 30.4 Å². The minimum absolute atomic E-state index is 0.0150. The van der Waals surface area contributed by atoms with Crippen LogP contribution >= 0.6 is 0 Å². The van der Waals surface area contributed by atoms with Crippen LogP contribution in [0.1, 0.15) is 45.0 Å². The average Bonchev–Trinajstić information content (AvgIpc) is 3.37. The third kappa shape index (κ3) is 4.77. The van der Waals surface area contributed by atoms with Crippen LogP contribution in [0.5, 0.6) is 0 Å². The van der Waals surface area contributed by atoms with Gasteiger partial charge in [-0.2, -0.15) is 0 Å². The van der Waals surface area contributed by atoms with Crippen LogP contribution in [0.3, 0.4) is 0 Å². The number of benzene rings is 4. The van der Waals surface area contributed by atoms with E-state index in [1.54, 1.807) is 12.1 Å². The van der Waals surface area contributed by atoms with Gasteiger partial charge in [-0.05, 0) is 65.6 Å². The summed E-state index contributed by atoms with van der Waals surface area (Å²) in [5.41, 5.74) is 8.22. The van der Waals surface area contributed by atoms with Gasteiger partial charge in [-0.3, -0.25) is 9.69 Å². The molecule has 1 unspecified atom stereocenters.